The van der Waals surface area contributed by atoms with E-state index < -0.39 is 30.3 Å². The number of carbonyl (C=O) groups is 2. The average molecular weight is 534 g/mol. The summed E-state index contributed by atoms with van der Waals surface area (Å²) in [4.78, 5) is 35.5. The van der Waals surface area contributed by atoms with Gasteiger partial charge in [0.05, 0.1) is 23.1 Å². The Morgan fingerprint density at radius 1 is 1.09 bits per heavy atom. The first-order valence-corrected chi connectivity index (χ1v) is 11.5. The first-order chi connectivity index (χ1) is 15.7. The molecular formula is C22H18BrClN4O5. The van der Waals surface area contributed by atoms with Crippen molar-refractivity contribution in [3.63, 3.8) is 0 Å². The minimum atomic E-state index is -0.857. The maximum Gasteiger partial charge on any atom is 0.261 e. The number of nitrogens with zero attached hydrogens (tertiary/aromatic N) is 4. The van der Waals surface area contributed by atoms with Gasteiger partial charge in [-0.3, -0.25) is 14.5 Å². The summed E-state index contributed by atoms with van der Waals surface area (Å²) in [7, 11) is 0. The van der Waals surface area contributed by atoms with E-state index in [1.807, 2.05) is 24.6 Å². The molecule has 2 aromatic heterocycles. The minimum absolute atomic E-state index is 0.0412. The smallest absolute Gasteiger partial charge is 0.261 e. The maximum absolute atomic E-state index is 12.9. The van der Waals surface area contributed by atoms with Gasteiger partial charge in [0.25, 0.3) is 11.8 Å². The number of benzene rings is 1. The van der Waals surface area contributed by atoms with Gasteiger partial charge >= 0.3 is 0 Å². The van der Waals surface area contributed by atoms with Crippen molar-refractivity contribution in [1.82, 2.24) is 19.4 Å². The molecule has 0 N–H and O–H groups in total. The number of hydrogen-bond donors (Lipinski definition) is 0. The average Bonchev–Trinajstić information content (AvgIpc) is 3.45. The molecule has 3 aliphatic heterocycles. The van der Waals surface area contributed by atoms with E-state index >= 15 is 0 Å². The molecule has 3 aliphatic rings. The predicted octanol–water partition coefficient (Wildman–Crippen LogP) is 3.56. The van der Waals surface area contributed by atoms with Gasteiger partial charge in [-0.2, -0.15) is 0 Å². The number of ether oxygens (including phenoxy) is 3. The van der Waals surface area contributed by atoms with Gasteiger partial charge in [-0.05, 0) is 41.9 Å². The fourth-order valence-electron chi connectivity index (χ4n) is 4.81. The summed E-state index contributed by atoms with van der Waals surface area (Å²) >= 11 is 9.80. The van der Waals surface area contributed by atoms with Crippen molar-refractivity contribution in [3.8, 4) is 0 Å². The lowest BCUT2D eigenvalue weighted by molar-refractivity contribution is -0.196. The van der Waals surface area contributed by atoms with Gasteiger partial charge in [0.1, 0.15) is 35.4 Å². The van der Waals surface area contributed by atoms with E-state index in [2.05, 4.69) is 25.9 Å². The van der Waals surface area contributed by atoms with Crippen LogP contribution in [0.4, 0.5) is 0 Å². The molecule has 9 nitrogen and oxygen atoms in total. The van der Waals surface area contributed by atoms with Gasteiger partial charge < -0.3 is 18.8 Å². The first kappa shape index (κ1) is 21.2. The van der Waals surface area contributed by atoms with E-state index in [4.69, 9.17) is 25.8 Å². The standard InChI is InChI=1S/C22H18BrClN4O5/c1-22(2)32-15-13(8-28-19(29)10-5-3-4-6-11(10)20(28)30)31-21(16(15)33-22)27-7-12(23)14-17(24)25-9-26-18(14)27/h3-7,9,13,15-16,21H,8H2,1-2H3/t13-,15-,16-,21-/m1/s1. The van der Waals surface area contributed by atoms with Crippen LogP contribution in [0.25, 0.3) is 11.0 Å². The Kier molecular flexibility index (Phi) is 4.69. The number of carbonyl (C=O) groups excluding carboxylic acids is 2. The summed E-state index contributed by atoms with van der Waals surface area (Å²) in [6.45, 7) is 3.69. The molecule has 170 valence electrons. The molecule has 0 bridgehead atoms. The van der Waals surface area contributed by atoms with Crippen molar-refractivity contribution >= 4 is 50.4 Å². The molecule has 2 fully saturated rings. The third kappa shape index (κ3) is 3.16. The number of aromatic nitrogens is 3. The number of amides is 2. The molecule has 1 aromatic carbocycles. The lowest BCUT2D eigenvalue weighted by Crippen LogP contribution is -2.42. The molecule has 3 aromatic rings. The third-order valence-corrected chi connectivity index (χ3v) is 7.04. The van der Waals surface area contributed by atoms with Gasteiger partial charge in [-0.15, -0.1) is 0 Å². The number of imide groups is 1. The van der Waals surface area contributed by atoms with Crippen LogP contribution in [0, 0.1) is 0 Å². The monoisotopic (exact) mass is 532 g/mol. The fourth-order valence-corrected chi connectivity index (χ4v) is 5.74. The predicted molar refractivity (Wildman–Crippen MR) is 120 cm³/mol. The largest absolute Gasteiger partial charge is 0.347 e. The van der Waals surface area contributed by atoms with E-state index in [1.165, 1.54) is 11.2 Å². The summed E-state index contributed by atoms with van der Waals surface area (Å²) < 4.78 is 21.2. The van der Waals surface area contributed by atoms with Crippen molar-refractivity contribution in [1.29, 1.82) is 0 Å². The molecule has 0 aliphatic carbocycles. The maximum atomic E-state index is 12.9. The Balaban J connectivity index is 1.36. The first-order valence-electron chi connectivity index (χ1n) is 10.4. The van der Waals surface area contributed by atoms with Crippen LogP contribution in [0.5, 0.6) is 0 Å². The quantitative estimate of drug-likeness (QED) is 0.375. The van der Waals surface area contributed by atoms with Crippen LogP contribution >= 0.6 is 27.5 Å². The lowest BCUT2D eigenvalue weighted by atomic mass is 10.1. The Bertz CT molecular complexity index is 1290. The van der Waals surface area contributed by atoms with E-state index in [-0.39, 0.29) is 18.4 Å². The molecule has 33 heavy (non-hydrogen) atoms. The van der Waals surface area contributed by atoms with Gasteiger partial charge in [0, 0.05) is 10.7 Å². The molecule has 2 amide bonds. The molecule has 0 saturated carbocycles. The van der Waals surface area contributed by atoms with Crippen molar-refractivity contribution in [2.24, 2.45) is 0 Å². The van der Waals surface area contributed by atoms with Crippen LogP contribution in [0.1, 0.15) is 40.8 Å². The van der Waals surface area contributed by atoms with Gasteiger partial charge in [-0.25, -0.2) is 9.97 Å². The number of rotatable bonds is 3. The molecule has 0 spiro atoms. The molecule has 5 heterocycles. The third-order valence-electron chi connectivity index (χ3n) is 6.16. The van der Waals surface area contributed by atoms with Crippen LogP contribution in [0.15, 0.2) is 41.3 Å². The van der Waals surface area contributed by atoms with Gasteiger partial charge in [0.2, 0.25) is 0 Å². The molecule has 0 unspecified atom stereocenters. The molecular weight excluding hydrogens is 516 g/mol. The Morgan fingerprint density at radius 3 is 2.45 bits per heavy atom. The fraction of sp³-hybridized carbons (Fsp3) is 0.364. The van der Waals surface area contributed by atoms with Crippen LogP contribution in [0.2, 0.25) is 5.15 Å². The van der Waals surface area contributed by atoms with Crippen molar-refractivity contribution in [3.05, 3.63) is 57.5 Å². The molecule has 2 saturated heterocycles. The second-order valence-electron chi connectivity index (χ2n) is 8.64. The highest BCUT2D eigenvalue weighted by atomic mass is 79.9. The zero-order chi connectivity index (χ0) is 23.1. The minimum Gasteiger partial charge on any atom is -0.347 e. The lowest BCUT2D eigenvalue weighted by Gasteiger charge is -2.26. The zero-order valence-corrected chi connectivity index (χ0v) is 19.9. The molecule has 6 rings (SSSR count). The van der Waals surface area contributed by atoms with Crippen molar-refractivity contribution < 1.29 is 23.8 Å². The summed E-state index contributed by atoms with van der Waals surface area (Å²) in [6, 6.07) is 6.79. The van der Waals surface area contributed by atoms with E-state index in [0.29, 0.717) is 31.8 Å². The van der Waals surface area contributed by atoms with Crippen molar-refractivity contribution in [2.75, 3.05) is 6.54 Å². The molecule has 11 heteroatoms. The van der Waals surface area contributed by atoms with Gasteiger partial charge in [-0.1, -0.05) is 23.7 Å². The SMILES string of the molecule is CC1(C)O[C@@H]2[C@H](O1)[C@@H](CN1C(=O)c3ccccc3C1=O)O[C@H]2n1cc(Br)c2c(Cl)ncnc21. The van der Waals surface area contributed by atoms with E-state index in [0.717, 1.165) is 0 Å². The normalized spacial score (nSPS) is 28.1. The summed E-state index contributed by atoms with van der Waals surface area (Å²) in [5.41, 5.74) is 1.36. The number of hydrogen-bond acceptors (Lipinski definition) is 7. The highest BCUT2D eigenvalue weighted by Gasteiger charge is 2.57. The number of fused-ring (bicyclic) bond motifs is 3. The van der Waals surface area contributed by atoms with E-state index in [1.54, 1.807) is 24.3 Å². The Labute approximate surface area is 201 Å². The molecule has 4 atom stereocenters. The summed E-state index contributed by atoms with van der Waals surface area (Å²) in [6.07, 6.45) is 0.992. The van der Waals surface area contributed by atoms with Crippen molar-refractivity contribution in [2.45, 2.75) is 44.2 Å². The summed E-state index contributed by atoms with van der Waals surface area (Å²) in [5.74, 6) is -1.54. The topological polar surface area (TPSA) is 95.8 Å². The second-order valence-corrected chi connectivity index (χ2v) is 9.86. The van der Waals surface area contributed by atoms with Crippen LogP contribution in [-0.4, -0.2) is 61.9 Å². The van der Waals surface area contributed by atoms with Crippen LogP contribution in [-0.2, 0) is 14.2 Å². The molecule has 0 radical (unpaired) electrons. The Hall–Kier alpha value is -2.37. The number of halogens is 2. The van der Waals surface area contributed by atoms with Crippen LogP contribution in [0.3, 0.4) is 0 Å². The van der Waals surface area contributed by atoms with Gasteiger partial charge in [0.15, 0.2) is 12.0 Å². The Morgan fingerprint density at radius 2 is 1.76 bits per heavy atom. The van der Waals surface area contributed by atoms with Crippen LogP contribution < -0.4 is 0 Å². The zero-order valence-electron chi connectivity index (χ0n) is 17.6. The summed E-state index contributed by atoms with van der Waals surface area (Å²) in [5, 5.41) is 0.966. The second kappa shape index (κ2) is 7.31. The highest BCUT2D eigenvalue weighted by Crippen LogP contribution is 2.45. The highest BCUT2D eigenvalue weighted by molar-refractivity contribution is 9.10. The van der Waals surface area contributed by atoms with E-state index in [9.17, 15) is 9.59 Å².